The summed E-state index contributed by atoms with van der Waals surface area (Å²) < 4.78 is 5.45. The molecule has 0 saturated heterocycles. The first-order valence-corrected chi connectivity index (χ1v) is 5.08. The van der Waals surface area contributed by atoms with Gasteiger partial charge in [0.2, 0.25) is 0 Å². The van der Waals surface area contributed by atoms with Crippen LogP contribution in [0.2, 0.25) is 0 Å². The minimum absolute atomic E-state index is 0.388. The lowest BCUT2D eigenvalue weighted by Crippen LogP contribution is -2.11. The summed E-state index contributed by atoms with van der Waals surface area (Å²) in [5, 5.41) is 9.48. The third-order valence-corrected chi connectivity index (χ3v) is 1.98. The van der Waals surface area contributed by atoms with Crippen LogP contribution in [0.3, 0.4) is 0 Å². The Hall–Kier alpha value is -1.46. The van der Waals surface area contributed by atoms with Gasteiger partial charge in [-0.25, -0.2) is 0 Å². The van der Waals surface area contributed by atoms with Gasteiger partial charge in [-0.15, -0.1) is 11.8 Å². The van der Waals surface area contributed by atoms with Crippen LogP contribution in [0.1, 0.15) is 19.8 Å². The van der Waals surface area contributed by atoms with E-state index in [0.29, 0.717) is 19.4 Å². The molecule has 0 aromatic heterocycles. The number of aliphatic hydroxyl groups excluding tert-OH is 1. The van der Waals surface area contributed by atoms with Gasteiger partial charge >= 0.3 is 0 Å². The Balaban J connectivity index is 2.18. The fourth-order valence-corrected chi connectivity index (χ4v) is 1.15. The SMILES string of the molecule is CC#CCC(O)CCOc1ccccc1. The van der Waals surface area contributed by atoms with E-state index in [1.54, 1.807) is 6.92 Å². The van der Waals surface area contributed by atoms with E-state index in [2.05, 4.69) is 11.8 Å². The highest BCUT2D eigenvalue weighted by atomic mass is 16.5. The fourth-order valence-electron chi connectivity index (χ4n) is 1.15. The predicted octanol–water partition coefficient (Wildman–Crippen LogP) is 2.23. The number of ether oxygens (including phenoxy) is 1. The first kappa shape index (κ1) is 11.6. The molecule has 80 valence electrons. The molecule has 1 N–H and O–H groups in total. The van der Waals surface area contributed by atoms with Crippen molar-refractivity contribution in [3.05, 3.63) is 30.3 Å². The van der Waals surface area contributed by atoms with Crippen LogP contribution in [0.25, 0.3) is 0 Å². The molecule has 1 aromatic rings. The second kappa shape index (κ2) is 6.92. The molecular formula is C13H16O2. The summed E-state index contributed by atoms with van der Waals surface area (Å²) >= 11 is 0. The minimum atomic E-state index is -0.388. The Morgan fingerprint density at radius 3 is 2.73 bits per heavy atom. The molecule has 2 heteroatoms. The van der Waals surface area contributed by atoms with E-state index in [4.69, 9.17) is 4.74 Å². The average molecular weight is 204 g/mol. The second-order valence-electron chi connectivity index (χ2n) is 3.23. The van der Waals surface area contributed by atoms with Gasteiger partial charge < -0.3 is 9.84 Å². The average Bonchev–Trinajstić information content (AvgIpc) is 2.28. The summed E-state index contributed by atoms with van der Waals surface area (Å²) in [7, 11) is 0. The molecule has 0 saturated carbocycles. The molecular weight excluding hydrogens is 188 g/mol. The molecule has 0 fully saturated rings. The molecule has 0 amide bonds. The molecule has 0 aliphatic rings. The maximum absolute atomic E-state index is 9.48. The van der Waals surface area contributed by atoms with Crippen LogP contribution >= 0.6 is 0 Å². The zero-order valence-corrected chi connectivity index (χ0v) is 8.94. The number of hydrogen-bond donors (Lipinski definition) is 1. The number of benzene rings is 1. The van der Waals surface area contributed by atoms with Crippen molar-refractivity contribution >= 4 is 0 Å². The van der Waals surface area contributed by atoms with Crippen molar-refractivity contribution in [2.45, 2.75) is 25.9 Å². The lowest BCUT2D eigenvalue weighted by molar-refractivity contribution is 0.143. The number of para-hydroxylation sites is 1. The number of aliphatic hydroxyl groups is 1. The minimum Gasteiger partial charge on any atom is -0.493 e. The van der Waals surface area contributed by atoms with Gasteiger partial charge in [-0.3, -0.25) is 0 Å². The van der Waals surface area contributed by atoms with Gasteiger partial charge in [-0.2, -0.15) is 0 Å². The molecule has 2 nitrogen and oxygen atoms in total. The monoisotopic (exact) mass is 204 g/mol. The highest BCUT2D eigenvalue weighted by molar-refractivity contribution is 5.20. The summed E-state index contributed by atoms with van der Waals surface area (Å²) in [6, 6.07) is 9.59. The Morgan fingerprint density at radius 2 is 2.07 bits per heavy atom. The Kier molecular flexibility index (Phi) is 5.35. The molecule has 1 rings (SSSR count). The topological polar surface area (TPSA) is 29.5 Å². The van der Waals surface area contributed by atoms with Crippen molar-refractivity contribution < 1.29 is 9.84 Å². The van der Waals surface area contributed by atoms with Gasteiger partial charge in [-0.05, 0) is 19.1 Å². The lowest BCUT2D eigenvalue weighted by atomic mass is 10.2. The van der Waals surface area contributed by atoms with Crippen LogP contribution in [0.4, 0.5) is 0 Å². The van der Waals surface area contributed by atoms with Crippen molar-refractivity contribution in [3.8, 4) is 17.6 Å². The van der Waals surface area contributed by atoms with Crippen LogP contribution in [0.15, 0.2) is 30.3 Å². The Bertz CT molecular complexity index is 321. The normalized spacial score (nSPS) is 11.3. The highest BCUT2D eigenvalue weighted by Gasteiger charge is 2.01. The number of rotatable bonds is 5. The summed E-state index contributed by atoms with van der Waals surface area (Å²) in [5.74, 6) is 6.44. The van der Waals surface area contributed by atoms with Crippen molar-refractivity contribution in [2.75, 3.05) is 6.61 Å². The quantitative estimate of drug-likeness (QED) is 0.745. The van der Waals surface area contributed by atoms with E-state index < -0.39 is 0 Å². The van der Waals surface area contributed by atoms with Gasteiger partial charge in [0, 0.05) is 12.8 Å². The smallest absolute Gasteiger partial charge is 0.119 e. The first-order chi connectivity index (χ1) is 7.33. The summed E-state index contributed by atoms with van der Waals surface area (Å²) in [6.45, 7) is 2.30. The van der Waals surface area contributed by atoms with Crippen molar-refractivity contribution in [2.24, 2.45) is 0 Å². The number of hydrogen-bond acceptors (Lipinski definition) is 2. The second-order valence-corrected chi connectivity index (χ2v) is 3.23. The Morgan fingerprint density at radius 1 is 1.33 bits per heavy atom. The van der Waals surface area contributed by atoms with Gasteiger partial charge in [0.25, 0.3) is 0 Å². The van der Waals surface area contributed by atoms with Crippen LogP contribution < -0.4 is 4.74 Å². The molecule has 0 aliphatic heterocycles. The lowest BCUT2D eigenvalue weighted by Gasteiger charge is -2.08. The van der Waals surface area contributed by atoms with E-state index in [0.717, 1.165) is 5.75 Å². The van der Waals surface area contributed by atoms with E-state index in [-0.39, 0.29) is 6.10 Å². The van der Waals surface area contributed by atoms with E-state index in [1.165, 1.54) is 0 Å². The maximum atomic E-state index is 9.48. The van der Waals surface area contributed by atoms with E-state index in [1.807, 2.05) is 30.3 Å². The first-order valence-electron chi connectivity index (χ1n) is 5.08. The molecule has 1 unspecified atom stereocenters. The fraction of sp³-hybridized carbons (Fsp3) is 0.385. The van der Waals surface area contributed by atoms with Gasteiger partial charge in [0.15, 0.2) is 0 Å². The highest BCUT2D eigenvalue weighted by Crippen LogP contribution is 2.09. The standard InChI is InChI=1S/C13H16O2/c1-2-3-7-12(14)10-11-15-13-8-5-4-6-9-13/h4-6,8-9,12,14H,7,10-11H2,1H3. The van der Waals surface area contributed by atoms with Crippen LogP contribution in [-0.2, 0) is 0 Å². The van der Waals surface area contributed by atoms with Gasteiger partial charge in [-0.1, -0.05) is 18.2 Å². The van der Waals surface area contributed by atoms with Crippen LogP contribution in [0, 0.1) is 11.8 Å². The molecule has 1 aromatic carbocycles. The molecule has 0 radical (unpaired) electrons. The summed E-state index contributed by atoms with van der Waals surface area (Å²) in [4.78, 5) is 0. The van der Waals surface area contributed by atoms with E-state index >= 15 is 0 Å². The van der Waals surface area contributed by atoms with Crippen molar-refractivity contribution in [1.29, 1.82) is 0 Å². The van der Waals surface area contributed by atoms with Crippen molar-refractivity contribution in [3.63, 3.8) is 0 Å². The maximum Gasteiger partial charge on any atom is 0.119 e. The summed E-state index contributed by atoms with van der Waals surface area (Å²) in [6.07, 6.45) is 0.749. The molecule has 0 aliphatic carbocycles. The molecule has 0 bridgehead atoms. The molecule has 15 heavy (non-hydrogen) atoms. The molecule has 0 spiro atoms. The van der Waals surface area contributed by atoms with Gasteiger partial charge in [0.1, 0.15) is 5.75 Å². The summed E-state index contributed by atoms with van der Waals surface area (Å²) in [5.41, 5.74) is 0. The zero-order valence-electron chi connectivity index (χ0n) is 8.94. The predicted molar refractivity (Wildman–Crippen MR) is 60.6 cm³/mol. The van der Waals surface area contributed by atoms with Crippen LogP contribution in [-0.4, -0.2) is 17.8 Å². The largest absolute Gasteiger partial charge is 0.493 e. The third-order valence-electron chi connectivity index (χ3n) is 1.98. The van der Waals surface area contributed by atoms with E-state index in [9.17, 15) is 5.11 Å². The Labute approximate surface area is 90.9 Å². The zero-order chi connectivity index (χ0) is 10.9. The van der Waals surface area contributed by atoms with Crippen molar-refractivity contribution in [1.82, 2.24) is 0 Å². The van der Waals surface area contributed by atoms with Crippen LogP contribution in [0.5, 0.6) is 5.75 Å². The molecule has 1 atom stereocenters. The molecule has 0 heterocycles. The van der Waals surface area contributed by atoms with Gasteiger partial charge in [0.05, 0.1) is 12.7 Å². The third kappa shape index (κ3) is 5.09.